The number of amides is 1. The maximum atomic E-state index is 13.2. The van der Waals surface area contributed by atoms with Crippen molar-refractivity contribution >= 4 is 38.2 Å². The summed E-state index contributed by atoms with van der Waals surface area (Å²) in [5, 5.41) is 1.41. The van der Waals surface area contributed by atoms with Crippen LogP contribution in [0.25, 0.3) is 10.9 Å². The summed E-state index contributed by atoms with van der Waals surface area (Å²) in [6.07, 6.45) is 8.31. The van der Waals surface area contributed by atoms with E-state index in [1.54, 1.807) is 29.2 Å². The van der Waals surface area contributed by atoms with Gasteiger partial charge in [0, 0.05) is 53.6 Å². The summed E-state index contributed by atoms with van der Waals surface area (Å²) >= 11 is 1.49. The van der Waals surface area contributed by atoms with Gasteiger partial charge in [0.15, 0.2) is 5.01 Å². The Bertz CT molecular complexity index is 1390. The third-order valence-corrected chi connectivity index (χ3v) is 9.66. The van der Waals surface area contributed by atoms with Gasteiger partial charge >= 0.3 is 0 Å². The van der Waals surface area contributed by atoms with Gasteiger partial charge in [-0.05, 0) is 57.6 Å². The molecule has 1 N–H and O–H groups in total. The number of hydrogen-bond donors (Lipinski definition) is 1. The second-order valence-electron chi connectivity index (χ2n) is 9.03. The lowest BCUT2D eigenvalue weighted by molar-refractivity contribution is 0.0697. The first kappa shape index (κ1) is 23.1. The average Bonchev–Trinajstić information content (AvgIpc) is 3.47. The molecule has 1 amide bonds. The second-order valence-corrected chi connectivity index (χ2v) is 12.0. The number of thiazole rings is 1. The Morgan fingerprint density at radius 2 is 2.00 bits per heavy atom. The van der Waals surface area contributed by atoms with Gasteiger partial charge in [-0.25, -0.2) is 13.4 Å². The standard InChI is InChI=1S/C24H27N5O3S2/c1-4-16-5-7-19-17(13-16)14-22(25-19)34(31,32)29-11-9-28(10-12-29)24(30)23-26-20-8-6-18(27(2)3)15-21(20)33-23/h1,5,7,13-14,18,25H,6,8-12,15H2,2-3H3. The number of likely N-dealkylation sites (N-methyl/N-ethyl adjacent to an activating group) is 1. The van der Waals surface area contributed by atoms with Crippen molar-refractivity contribution in [1.82, 2.24) is 24.1 Å². The summed E-state index contributed by atoms with van der Waals surface area (Å²) in [6, 6.07) is 7.44. The predicted octanol–water partition coefficient (Wildman–Crippen LogP) is 2.17. The van der Waals surface area contributed by atoms with E-state index in [1.165, 1.54) is 20.5 Å². The molecule has 1 saturated heterocycles. The van der Waals surface area contributed by atoms with E-state index in [9.17, 15) is 13.2 Å². The first-order valence-corrected chi connectivity index (χ1v) is 13.6. The van der Waals surface area contributed by atoms with Crippen LogP contribution in [0.2, 0.25) is 0 Å². The summed E-state index contributed by atoms with van der Waals surface area (Å²) in [6.45, 7) is 1.16. The molecule has 1 atom stereocenters. The number of nitrogens with one attached hydrogen (secondary N) is 1. The predicted molar refractivity (Wildman–Crippen MR) is 133 cm³/mol. The van der Waals surface area contributed by atoms with Gasteiger partial charge in [0.2, 0.25) is 0 Å². The zero-order valence-electron chi connectivity index (χ0n) is 19.2. The highest BCUT2D eigenvalue weighted by Crippen LogP contribution is 2.30. The molecule has 2 aliphatic rings. The zero-order valence-corrected chi connectivity index (χ0v) is 20.9. The molecule has 0 saturated carbocycles. The zero-order chi connectivity index (χ0) is 24.0. The van der Waals surface area contributed by atoms with Crippen molar-refractivity contribution < 1.29 is 13.2 Å². The normalized spacial score (nSPS) is 19.4. The molecule has 10 heteroatoms. The highest BCUT2D eigenvalue weighted by molar-refractivity contribution is 7.89. The van der Waals surface area contributed by atoms with Crippen molar-refractivity contribution in [2.45, 2.75) is 30.3 Å². The van der Waals surface area contributed by atoms with Crippen LogP contribution in [-0.2, 0) is 22.9 Å². The molecule has 1 aromatic carbocycles. The quantitative estimate of drug-likeness (QED) is 0.558. The van der Waals surface area contributed by atoms with Crippen LogP contribution in [-0.4, -0.2) is 84.7 Å². The molecule has 1 fully saturated rings. The van der Waals surface area contributed by atoms with E-state index >= 15 is 0 Å². The summed E-state index contributed by atoms with van der Waals surface area (Å²) < 4.78 is 27.9. The Balaban J connectivity index is 1.27. The van der Waals surface area contributed by atoms with Crippen LogP contribution in [0, 0.1) is 12.3 Å². The van der Waals surface area contributed by atoms with Gasteiger partial charge in [-0.1, -0.05) is 5.92 Å². The number of nitrogens with zero attached hydrogens (tertiary/aromatic N) is 4. The fourth-order valence-electron chi connectivity index (χ4n) is 4.63. The number of piperazine rings is 1. The van der Waals surface area contributed by atoms with Gasteiger partial charge in [-0.2, -0.15) is 4.31 Å². The van der Waals surface area contributed by atoms with Crippen molar-refractivity contribution in [2.24, 2.45) is 0 Å². The molecule has 0 spiro atoms. The molecular weight excluding hydrogens is 470 g/mol. The number of aryl methyl sites for hydroxylation is 1. The van der Waals surface area contributed by atoms with E-state index in [2.05, 4.69) is 34.9 Å². The summed E-state index contributed by atoms with van der Waals surface area (Å²) in [5.74, 6) is 2.46. The lowest BCUT2D eigenvalue weighted by Gasteiger charge is -2.33. The van der Waals surface area contributed by atoms with Gasteiger partial charge in [0.1, 0.15) is 5.03 Å². The minimum atomic E-state index is -3.70. The third kappa shape index (κ3) is 4.14. The number of aromatic amines is 1. The number of aromatic nitrogens is 2. The number of benzene rings is 1. The van der Waals surface area contributed by atoms with Crippen LogP contribution in [0.15, 0.2) is 29.3 Å². The van der Waals surface area contributed by atoms with E-state index < -0.39 is 10.0 Å². The SMILES string of the molecule is C#Cc1ccc2[nH]c(S(=O)(=O)N3CCN(C(=O)c4nc5c(s4)CC(N(C)C)CC5)CC3)cc2c1. The van der Waals surface area contributed by atoms with Gasteiger partial charge in [0.25, 0.3) is 15.9 Å². The Labute approximate surface area is 203 Å². The largest absolute Gasteiger partial charge is 0.345 e. The topological polar surface area (TPSA) is 89.6 Å². The summed E-state index contributed by atoms with van der Waals surface area (Å²) in [7, 11) is 0.465. The molecule has 1 unspecified atom stereocenters. The molecule has 1 aliphatic carbocycles. The molecule has 2 aromatic heterocycles. The number of carbonyl (C=O) groups excluding carboxylic acids is 1. The highest BCUT2D eigenvalue weighted by Gasteiger charge is 2.33. The summed E-state index contributed by atoms with van der Waals surface area (Å²) in [4.78, 5) is 25.9. The van der Waals surface area contributed by atoms with Crippen LogP contribution in [0.3, 0.4) is 0 Å². The van der Waals surface area contributed by atoms with Crippen molar-refractivity contribution in [1.29, 1.82) is 0 Å². The molecule has 0 radical (unpaired) electrons. The number of rotatable bonds is 4. The van der Waals surface area contributed by atoms with Crippen molar-refractivity contribution in [3.63, 3.8) is 0 Å². The first-order chi connectivity index (χ1) is 16.3. The minimum Gasteiger partial charge on any atom is -0.345 e. The third-order valence-electron chi connectivity index (χ3n) is 6.73. The maximum absolute atomic E-state index is 13.2. The minimum absolute atomic E-state index is 0.106. The molecule has 5 rings (SSSR count). The second kappa shape index (κ2) is 8.82. The van der Waals surface area contributed by atoms with Crippen LogP contribution < -0.4 is 0 Å². The average molecular weight is 498 g/mol. The number of H-pyrrole nitrogens is 1. The fourth-order valence-corrected chi connectivity index (χ4v) is 7.21. The molecule has 8 nitrogen and oxygen atoms in total. The monoisotopic (exact) mass is 497 g/mol. The first-order valence-electron chi connectivity index (χ1n) is 11.3. The summed E-state index contributed by atoms with van der Waals surface area (Å²) in [5.41, 5.74) is 2.46. The molecule has 3 aromatic rings. The van der Waals surface area contributed by atoms with E-state index in [4.69, 9.17) is 6.42 Å². The van der Waals surface area contributed by atoms with Gasteiger partial charge in [-0.15, -0.1) is 17.8 Å². The molecule has 3 heterocycles. The Morgan fingerprint density at radius 1 is 1.24 bits per heavy atom. The Kier molecular flexibility index (Phi) is 5.98. The van der Waals surface area contributed by atoms with E-state index in [-0.39, 0.29) is 24.0 Å². The molecule has 1 aliphatic heterocycles. The number of carbonyl (C=O) groups is 1. The van der Waals surface area contributed by atoms with Crippen molar-refractivity contribution in [2.75, 3.05) is 40.3 Å². The Hall–Kier alpha value is -2.71. The molecule has 34 heavy (non-hydrogen) atoms. The van der Waals surface area contributed by atoms with E-state index in [0.29, 0.717) is 29.7 Å². The van der Waals surface area contributed by atoms with Gasteiger partial charge in [-0.3, -0.25) is 4.79 Å². The smallest absolute Gasteiger partial charge is 0.282 e. The van der Waals surface area contributed by atoms with Crippen molar-refractivity contribution in [3.8, 4) is 12.3 Å². The van der Waals surface area contributed by atoms with Crippen LogP contribution in [0.1, 0.15) is 32.4 Å². The van der Waals surface area contributed by atoms with E-state index in [1.807, 2.05) is 0 Å². The van der Waals surface area contributed by atoms with Crippen LogP contribution >= 0.6 is 11.3 Å². The number of fused-ring (bicyclic) bond motifs is 2. The number of hydrogen-bond acceptors (Lipinski definition) is 6. The molecular formula is C24H27N5O3S2. The number of sulfonamides is 1. The highest BCUT2D eigenvalue weighted by atomic mass is 32.2. The van der Waals surface area contributed by atoms with Crippen LogP contribution in [0.4, 0.5) is 0 Å². The van der Waals surface area contributed by atoms with E-state index in [0.717, 1.165) is 35.9 Å². The van der Waals surface area contributed by atoms with Gasteiger partial charge in [0.05, 0.1) is 5.69 Å². The van der Waals surface area contributed by atoms with Crippen LogP contribution in [0.5, 0.6) is 0 Å². The lowest BCUT2D eigenvalue weighted by Crippen LogP contribution is -2.50. The molecule has 0 bridgehead atoms. The fraction of sp³-hybridized carbons (Fsp3) is 0.417. The maximum Gasteiger partial charge on any atom is 0.282 e. The number of terminal acetylenes is 1. The molecule has 178 valence electrons. The van der Waals surface area contributed by atoms with Gasteiger partial charge < -0.3 is 14.8 Å². The lowest BCUT2D eigenvalue weighted by atomic mass is 9.97. The van der Waals surface area contributed by atoms with Crippen molar-refractivity contribution in [3.05, 3.63) is 45.4 Å². The Morgan fingerprint density at radius 3 is 2.71 bits per heavy atom.